The van der Waals surface area contributed by atoms with E-state index in [0.717, 1.165) is 29.5 Å². The molecular formula is C20H22N4O. The fraction of sp³-hybridized carbons (Fsp3) is 0.200. The number of aromatic nitrogens is 2. The molecule has 0 aliphatic rings. The summed E-state index contributed by atoms with van der Waals surface area (Å²) in [4.78, 5) is 8.70. The molecule has 0 saturated heterocycles. The highest BCUT2D eigenvalue weighted by molar-refractivity contribution is 5.58. The van der Waals surface area contributed by atoms with Crippen LogP contribution < -0.4 is 15.4 Å². The molecule has 0 spiro atoms. The Labute approximate surface area is 148 Å². The van der Waals surface area contributed by atoms with Crippen LogP contribution in [0.1, 0.15) is 13.8 Å². The predicted molar refractivity (Wildman–Crippen MR) is 102 cm³/mol. The Balaban J connectivity index is 1.62. The van der Waals surface area contributed by atoms with Crippen molar-refractivity contribution in [2.75, 3.05) is 17.2 Å². The Hall–Kier alpha value is -3.08. The third-order valence-corrected chi connectivity index (χ3v) is 3.43. The monoisotopic (exact) mass is 334 g/mol. The average Bonchev–Trinajstić information content (AvgIpc) is 2.63. The molecule has 128 valence electrons. The minimum Gasteiger partial charge on any atom is -0.457 e. The molecule has 2 N–H and O–H groups in total. The van der Waals surface area contributed by atoms with Gasteiger partial charge in [0, 0.05) is 18.4 Å². The Morgan fingerprint density at radius 2 is 1.64 bits per heavy atom. The van der Waals surface area contributed by atoms with Crippen LogP contribution >= 0.6 is 0 Å². The van der Waals surface area contributed by atoms with Crippen molar-refractivity contribution in [3.8, 4) is 11.5 Å². The lowest BCUT2D eigenvalue weighted by Gasteiger charge is -2.10. The average molecular weight is 334 g/mol. The molecule has 0 amide bonds. The van der Waals surface area contributed by atoms with Gasteiger partial charge in [-0.3, -0.25) is 0 Å². The number of nitrogens with zero attached hydrogens (tertiary/aromatic N) is 2. The zero-order chi connectivity index (χ0) is 17.5. The molecule has 1 aromatic heterocycles. The molecular weight excluding hydrogens is 312 g/mol. The Kier molecular flexibility index (Phi) is 5.46. The van der Waals surface area contributed by atoms with Crippen LogP contribution in [-0.4, -0.2) is 16.5 Å². The summed E-state index contributed by atoms with van der Waals surface area (Å²) in [5.41, 5.74) is 0.939. The second kappa shape index (κ2) is 8.15. The normalized spacial score (nSPS) is 10.5. The molecule has 0 fully saturated rings. The third kappa shape index (κ3) is 5.21. The van der Waals surface area contributed by atoms with Crippen LogP contribution in [0.4, 0.5) is 17.5 Å². The van der Waals surface area contributed by atoms with Gasteiger partial charge >= 0.3 is 0 Å². The first kappa shape index (κ1) is 16.8. The topological polar surface area (TPSA) is 59.1 Å². The zero-order valence-corrected chi connectivity index (χ0v) is 14.4. The van der Waals surface area contributed by atoms with Crippen LogP contribution in [0, 0.1) is 5.92 Å². The van der Waals surface area contributed by atoms with E-state index in [1.165, 1.54) is 0 Å². The second-order valence-corrected chi connectivity index (χ2v) is 6.10. The maximum Gasteiger partial charge on any atom is 0.224 e. The van der Waals surface area contributed by atoms with Crippen molar-refractivity contribution in [2.24, 2.45) is 5.92 Å². The fourth-order valence-corrected chi connectivity index (χ4v) is 2.19. The van der Waals surface area contributed by atoms with Gasteiger partial charge in [0.2, 0.25) is 5.95 Å². The third-order valence-electron chi connectivity index (χ3n) is 3.43. The molecule has 1 heterocycles. The van der Waals surface area contributed by atoms with Gasteiger partial charge in [0.25, 0.3) is 0 Å². The Morgan fingerprint density at radius 1 is 0.920 bits per heavy atom. The minimum atomic E-state index is 0.539. The van der Waals surface area contributed by atoms with Crippen molar-refractivity contribution >= 4 is 17.5 Å². The van der Waals surface area contributed by atoms with E-state index in [1.807, 2.05) is 60.7 Å². The summed E-state index contributed by atoms with van der Waals surface area (Å²) in [7, 11) is 0. The highest BCUT2D eigenvalue weighted by Gasteiger charge is 2.02. The fourth-order valence-electron chi connectivity index (χ4n) is 2.19. The number of anilines is 3. The number of rotatable bonds is 7. The molecule has 0 unspecified atom stereocenters. The van der Waals surface area contributed by atoms with Gasteiger partial charge in [0.05, 0.1) is 0 Å². The predicted octanol–water partition coefficient (Wildman–Crippen LogP) is 5.08. The van der Waals surface area contributed by atoms with Crippen molar-refractivity contribution in [3.05, 3.63) is 66.9 Å². The van der Waals surface area contributed by atoms with Gasteiger partial charge in [-0.25, -0.2) is 4.98 Å². The minimum absolute atomic E-state index is 0.539. The molecule has 0 radical (unpaired) electrons. The first-order valence-corrected chi connectivity index (χ1v) is 8.36. The van der Waals surface area contributed by atoms with Gasteiger partial charge in [-0.15, -0.1) is 0 Å². The van der Waals surface area contributed by atoms with E-state index in [1.54, 1.807) is 6.20 Å². The first-order chi connectivity index (χ1) is 12.2. The standard InChI is InChI=1S/C20H22N4O/c1-15(2)14-22-20-21-13-12-19(24-20)23-16-8-10-18(11-9-16)25-17-6-4-3-5-7-17/h3-13,15H,14H2,1-2H3,(H2,21,22,23,24). The number of hydrogen-bond donors (Lipinski definition) is 2. The quantitative estimate of drug-likeness (QED) is 0.631. The molecule has 0 bridgehead atoms. The molecule has 0 aliphatic carbocycles. The summed E-state index contributed by atoms with van der Waals surface area (Å²) in [6.07, 6.45) is 1.74. The maximum absolute atomic E-state index is 5.79. The summed E-state index contributed by atoms with van der Waals surface area (Å²) < 4.78 is 5.79. The molecule has 5 heteroatoms. The van der Waals surface area contributed by atoms with Crippen molar-refractivity contribution in [1.29, 1.82) is 0 Å². The number of hydrogen-bond acceptors (Lipinski definition) is 5. The van der Waals surface area contributed by atoms with Crippen LogP contribution in [-0.2, 0) is 0 Å². The van der Waals surface area contributed by atoms with E-state index in [9.17, 15) is 0 Å². The van der Waals surface area contributed by atoms with E-state index in [2.05, 4.69) is 34.4 Å². The van der Waals surface area contributed by atoms with Crippen LogP contribution in [0.2, 0.25) is 0 Å². The maximum atomic E-state index is 5.79. The Morgan fingerprint density at radius 3 is 2.36 bits per heavy atom. The van der Waals surface area contributed by atoms with Gasteiger partial charge < -0.3 is 15.4 Å². The van der Waals surface area contributed by atoms with Gasteiger partial charge in [-0.2, -0.15) is 4.98 Å². The molecule has 0 atom stereocenters. The second-order valence-electron chi connectivity index (χ2n) is 6.10. The zero-order valence-electron chi connectivity index (χ0n) is 14.4. The summed E-state index contributed by atoms with van der Waals surface area (Å²) >= 11 is 0. The molecule has 3 rings (SSSR count). The van der Waals surface area contributed by atoms with E-state index >= 15 is 0 Å². The lowest BCUT2D eigenvalue weighted by atomic mass is 10.2. The largest absolute Gasteiger partial charge is 0.457 e. The highest BCUT2D eigenvalue weighted by atomic mass is 16.5. The van der Waals surface area contributed by atoms with E-state index in [-0.39, 0.29) is 0 Å². The smallest absolute Gasteiger partial charge is 0.224 e. The Bertz CT molecular complexity index is 788. The van der Waals surface area contributed by atoms with Gasteiger partial charge in [0.1, 0.15) is 17.3 Å². The molecule has 3 aromatic rings. The molecule has 25 heavy (non-hydrogen) atoms. The lowest BCUT2D eigenvalue weighted by molar-refractivity contribution is 0.483. The van der Waals surface area contributed by atoms with Crippen molar-refractivity contribution in [3.63, 3.8) is 0 Å². The summed E-state index contributed by atoms with van der Waals surface area (Å²) in [6.45, 7) is 5.14. The number of nitrogens with one attached hydrogen (secondary N) is 2. The van der Waals surface area contributed by atoms with E-state index < -0.39 is 0 Å². The van der Waals surface area contributed by atoms with Crippen molar-refractivity contribution in [1.82, 2.24) is 9.97 Å². The SMILES string of the molecule is CC(C)CNc1nccc(Nc2ccc(Oc3ccccc3)cc2)n1. The van der Waals surface area contributed by atoms with Crippen LogP contribution in [0.3, 0.4) is 0 Å². The highest BCUT2D eigenvalue weighted by Crippen LogP contribution is 2.24. The number of ether oxygens (including phenoxy) is 1. The lowest BCUT2D eigenvalue weighted by Crippen LogP contribution is -2.10. The molecule has 2 aromatic carbocycles. The summed E-state index contributed by atoms with van der Waals surface area (Å²) in [5, 5.41) is 6.50. The van der Waals surface area contributed by atoms with Crippen LogP contribution in [0.25, 0.3) is 0 Å². The molecule has 0 saturated carbocycles. The van der Waals surface area contributed by atoms with Gasteiger partial charge in [-0.1, -0.05) is 32.0 Å². The first-order valence-electron chi connectivity index (χ1n) is 8.36. The van der Waals surface area contributed by atoms with E-state index in [0.29, 0.717) is 11.9 Å². The number of para-hydroxylation sites is 1. The number of benzene rings is 2. The molecule has 0 aliphatic heterocycles. The van der Waals surface area contributed by atoms with Crippen molar-refractivity contribution in [2.45, 2.75) is 13.8 Å². The van der Waals surface area contributed by atoms with Gasteiger partial charge in [-0.05, 0) is 48.4 Å². The van der Waals surface area contributed by atoms with Gasteiger partial charge in [0.15, 0.2) is 0 Å². The summed E-state index contributed by atoms with van der Waals surface area (Å²) in [5.74, 6) is 3.52. The van der Waals surface area contributed by atoms with Crippen molar-refractivity contribution < 1.29 is 4.74 Å². The van der Waals surface area contributed by atoms with Crippen LogP contribution in [0.15, 0.2) is 66.9 Å². The summed E-state index contributed by atoms with van der Waals surface area (Å²) in [6, 6.07) is 19.3. The van der Waals surface area contributed by atoms with Crippen LogP contribution in [0.5, 0.6) is 11.5 Å². The molecule has 5 nitrogen and oxygen atoms in total. The van der Waals surface area contributed by atoms with E-state index in [4.69, 9.17) is 4.74 Å².